The highest BCUT2D eigenvalue weighted by molar-refractivity contribution is 5.78. The number of benzene rings is 1. The number of hydrogen-bond donors (Lipinski definition) is 1. The Morgan fingerprint density at radius 3 is 2.89 bits per heavy atom. The molecule has 1 N–H and O–H groups in total. The molecular weight excluding hydrogens is 238 g/mol. The van der Waals surface area contributed by atoms with Crippen LogP contribution >= 0.6 is 0 Å². The summed E-state index contributed by atoms with van der Waals surface area (Å²) in [6, 6.07) is 11.7. The maximum atomic E-state index is 10.4. The number of rotatable bonds is 3. The van der Waals surface area contributed by atoms with Crippen molar-refractivity contribution in [1.82, 2.24) is 14.5 Å². The molecule has 2 aromatic heterocycles. The molecule has 19 heavy (non-hydrogen) atoms. The van der Waals surface area contributed by atoms with Gasteiger partial charge in [-0.3, -0.25) is 0 Å². The molecule has 3 aromatic rings. The molecule has 0 aliphatic carbocycles. The molecular formula is C15H15N3O. The zero-order valence-electron chi connectivity index (χ0n) is 10.7. The van der Waals surface area contributed by atoms with Gasteiger partial charge in [-0.05, 0) is 19.1 Å². The molecule has 96 valence electrons. The topological polar surface area (TPSA) is 50.9 Å². The Bertz CT molecular complexity index is 705. The minimum absolute atomic E-state index is 0.625. The van der Waals surface area contributed by atoms with Crippen LogP contribution in [0.4, 0.5) is 0 Å². The smallest absolute Gasteiger partial charge is 0.154 e. The molecule has 0 aliphatic heterocycles. The second-order valence-electron chi connectivity index (χ2n) is 4.40. The molecule has 0 radical (unpaired) electrons. The van der Waals surface area contributed by atoms with E-state index in [0.29, 0.717) is 11.5 Å². The monoisotopic (exact) mass is 253 g/mol. The number of hydrogen-bond acceptors (Lipinski definition) is 3. The van der Waals surface area contributed by atoms with Crippen LogP contribution in [-0.4, -0.2) is 19.6 Å². The summed E-state index contributed by atoms with van der Waals surface area (Å²) in [7, 11) is 0. The van der Waals surface area contributed by atoms with Crippen LogP contribution in [0.15, 0.2) is 48.8 Å². The molecule has 0 spiro atoms. The average Bonchev–Trinajstić information content (AvgIpc) is 2.94. The zero-order chi connectivity index (χ0) is 13.2. The summed E-state index contributed by atoms with van der Waals surface area (Å²) >= 11 is 0. The highest BCUT2D eigenvalue weighted by atomic mass is 16.3. The summed E-state index contributed by atoms with van der Waals surface area (Å²) in [6.45, 7) is 2.80. The number of nitrogens with zero attached hydrogens (tertiary/aromatic N) is 3. The number of aliphatic hydroxyl groups is 1. The van der Waals surface area contributed by atoms with Crippen LogP contribution < -0.4 is 0 Å². The fourth-order valence-corrected chi connectivity index (χ4v) is 2.20. The lowest BCUT2D eigenvalue weighted by molar-refractivity contribution is 0.200. The van der Waals surface area contributed by atoms with E-state index in [-0.39, 0.29) is 0 Å². The van der Waals surface area contributed by atoms with Crippen LogP contribution in [-0.2, 0) is 6.54 Å². The van der Waals surface area contributed by atoms with Crippen LogP contribution in [0.3, 0.4) is 0 Å². The maximum absolute atomic E-state index is 10.4. The minimum Gasteiger partial charge on any atom is -0.379 e. The van der Waals surface area contributed by atoms with Gasteiger partial charge in [-0.1, -0.05) is 24.3 Å². The van der Waals surface area contributed by atoms with Crippen molar-refractivity contribution < 1.29 is 5.11 Å². The van der Waals surface area contributed by atoms with Gasteiger partial charge in [0.1, 0.15) is 5.82 Å². The predicted octanol–water partition coefficient (Wildman–Crippen LogP) is 2.53. The van der Waals surface area contributed by atoms with Gasteiger partial charge in [-0.25, -0.2) is 9.97 Å². The highest BCUT2D eigenvalue weighted by Gasteiger charge is 2.17. The number of aromatic nitrogens is 3. The third kappa shape index (κ3) is 2.11. The molecule has 4 nitrogen and oxygen atoms in total. The van der Waals surface area contributed by atoms with Crippen molar-refractivity contribution in [2.75, 3.05) is 0 Å². The van der Waals surface area contributed by atoms with Crippen molar-refractivity contribution >= 4 is 10.9 Å². The highest BCUT2D eigenvalue weighted by Crippen LogP contribution is 2.21. The molecule has 1 atom stereocenters. The second-order valence-corrected chi connectivity index (χ2v) is 4.40. The molecule has 0 saturated heterocycles. The number of fused-ring (bicyclic) bond motifs is 1. The molecule has 3 rings (SSSR count). The Balaban J connectivity index is 2.04. The Hall–Kier alpha value is -2.20. The van der Waals surface area contributed by atoms with Gasteiger partial charge in [0.2, 0.25) is 0 Å². The van der Waals surface area contributed by atoms with E-state index in [1.54, 1.807) is 6.20 Å². The quantitative estimate of drug-likeness (QED) is 0.780. The molecule has 0 aliphatic rings. The van der Waals surface area contributed by atoms with Crippen molar-refractivity contribution in [3.8, 4) is 0 Å². The molecule has 2 heterocycles. The van der Waals surface area contributed by atoms with Crippen molar-refractivity contribution in [3.05, 3.63) is 60.3 Å². The first-order valence-electron chi connectivity index (χ1n) is 6.34. The van der Waals surface area contributed by atoms with E-state index in [9.17, 15) is 5.11 Å². The fraction of sp³-hybridized carbons (Fsp3) is 0.200. The molecule has 1 aromatic carbocycles. The lowest BCUT2D eigenvalue weighted by Crippen LogP contribution is -2.10. The molecule has 4 heteroatoms. The Morgan fingerprint density at radius 2 is 2.05 bits per heavy atom. The van der Waals surface area contributed by atoms with Crippen molar-refractivity contribution in [3.63, 3.8) is 0 Å². The van der Waals surface area contributed by atoms with Crippen LogP contribution in [0.1, 0.15) is 24.5 Å². The number of imidazole rings is 1. The summed E-state index contributed by atoms with van der Waals surface area (Å²) < 4.78 is 1.92. The third-order valence-electron chi connectivity index (χ3n) is 3.23. The van der Waals surface area contributed by atoms with Crippen molar-refractivity contribution in [1.29, 1.82) is 0 Å². The molecule has 0 saturated carbocycles. The lowest BCUT2D eigenvalue weighted by atomic mass is 10.1. The van der Waals surface area contributed by atoms with E-state index in [0.717, 1.165) is 17.4 Å². The summed E-state index contributed by atoms with van der Waals surface area (Å²) in [5.74, 6) is 0.630. The molecule has 1 unspecified atom stereocenters. The van der Waals surface area contributed by atoms with Crippen LogP contribution in [0.25, 0.3) is 10.9 Å². The van der Waals surface area contributed by atoms with E-state index in [1.807, 2.05) is 54.1 Å². The number of aryl methyl sites for hydroxylation is 1. The molecule has 0 amide bonds. The van der Waals surface area contributed by atoms with Gasteiger partial charge >= 0.3 is 0 Å². The van der Waals surface area contributed by atoms with Gasteiger partial charge in [0.15, 0.2) is 6.10 Å². The molecule has 0 fully saturated rings. The number of para-hydroxylation sites is 1. The second kappa shape index (κ2) is 4.82. The van der Waals surface area contributed by atoms with Gasteiger partial charge in [0.25, 0.3) is 0 Å². The van der Waals surface area contributed by atoms with Gasteiger partial charge < -0.3 is 9.67 Å². The fourth-order valence-electron chi connectivity index (χ4n) is 2.20. The SMILES string of the molecule is CCn1ccnc1C(O)c1ccc2ccccc2n1. The van der Waals surface area contributed by atoms with E-state index in [1.165, 1.54) is 0 Å². The molecule has 0 bridgehead atoms. The summed E-state index contributed by atoms with van der Waals surface area (Å²) in [4.78, 5) is 8.72. The van der Waals surface area contributed by atoms with Gasteiger partial charge in [-0.15, -0.1) is 0 Å². The van der Waals surface area contributed by atoms with Crippen molar-refractivity contribution in [2.45, 2.75) is 19.6 Å². The first-order valence-corrected chi connectivity index (χ1v) is 6.34. The van der Waals surface area contributed by atoms with E-state index in [2.05, 4.69) is 9.97 Å². The van der Waals surface area contributed by atoms with Gasteiger partial charge in [-0.2, -0.15) is 0 Å². The number of aliphatic hydroxyl groups excluding tert-OH is 1. The first kappa shape index (κ1) is 11.9. The Kier molecular flexibility index (Phi) is 3.01. The standard InChI is InChI=1S/C15H15N3O/c1-2-18-10-9-16-15(18)14(19)13-8-7-11-5-3-4-6-12(11)17-13/h3-10,14,19H,2H2,1H3. The van der Waals surface area contributed by atoms with E-state index < -0.39 is 6.10 Å². The summed E-state index contributed by atoms with van der Waals surface area (Å²) in [5, 5.41) is 11.5. The Morgan fingerprint density at radius 1 is 1.21 bits per heavy atom. The Labute approximate surface area is 111 Å². The van der Waals surface area contributed by atoms with Gasteiger partial charge in [0, 0.05) is 24.3 Å². The average molecular weight is 253 g/mol. The zero-order valence-corrected chi connectivity index (χ0v) is 10.7. The normalized spacial score (nSPS) is 12.7. The van der Waals surface area contributed by atoms with Crippen LogP contribution in [0, 0.1) is 0 Å². The van der Waals surface area contributed by atoms with E-state index in [4.69, 9.17) is 0 Å². The minimum atomic E-state index is -0.792. The maximum Gasteiger partial charge on any atom is 0.154 e. The third-order valence-corrected chi connectivity index (χ3v) is 3.23. The summed E-state index contributed by atoms with van der Waals surface area (Å²) in [6.07, 6.45) is 2.77. The number of pyridine rings is 1. The lowest BCUT2D eigenvalue weighted by Gasteiger charge is -2.12. The van der Waals surface area contributed by atoms with E-state index >= 15 is 0 Å². The van der Waals surface area contributed by atoms with Crippen molar-refractivity contribution in [2.24, 2.45) is 0 Å². The van der Waals surface area contributed by atoms with Gasteiger partial charge in [0.05, 0.1) is 11.2 Å². The summed E-state index contributed by atoms with van der Waals surface area (Å²) in [5.41, 5.74) is 1.51. The first-order chi connectivity index (χ1) is 9.29. The van der Waals surface area contributed by atoms with Crippen LogP contribution in [0.2, 0.25) is 0 Å². The largest absolute Gasteiger partial charge is 0.379 e. The van der Waals surface area contributed by atoms with Crippen LogP contribution in [0.5, 0.6) is 0 Å². The predicted molar refractivity (Wildman–Crippen MR) is 73.7 cm³/mol.